The van der Waals surface area contributed by atoms with Crippen LogP contribution in [0.3, 0.4) is 0 Å². The maximum Gasteiger partial charge on any atom is 0.335 e. The number of carbonyl (C=O) groups is 2. The van der Waals surface area contributed by atoms with Gasteiger partial charge in [-0.05, 0) is 24.1 Å². The van der Waals surface area contributed by atoms with Crippen molar-refractivity contribution in [2.24, 2.45) is 0 Å². The first-order chi connectivity index (χ1) is 15.3. The Labute approximate surface area is 192 Å². The van der Waals surface area contributed by atoms with E-state index in [0.29, 0.717) is 23.1 Å². The molecular weight excluding hydrogens is 482 g/mol. The lowest BCUT2D eigenvalue weighted by Crippen LogP contribution is -2.32. The molecule has 0 aliphatic carbocycles. The van der Waals surface area contributed by atoms with Crippen molar-refractivity contribution in [1.29, 1.82) is 0 Å². The van der Waals surface area contributed by atoms with Gasteiger partial charge in [0.1, 0.15) is 17.0 Å². The second-order valence-corrected chi connectivity index (χ2v) is 7.87. The summed E-state index contributed by atoms with van der Waals surface area (Å²) in [5.74, 6) is -1.39. The number of aromatic amines is 1. The number of aromatic nitrogens is 1. The van der Waals surface area contributed by atoms with Gasteiger partial charge in [0.05, 0.1) is 24.5 Å². The minimum absolute atomic E-state index is 0.0330. The molecule has 0 aliphatic rings. The Kier molecular flexibility index (Phi) is 7.14. The first-order valence-corrected chi connectivity index (χ1v) is 10.7. The number of ketones is 1. The molecule has 9 nitrogen and oxygen atoms in total. The summed E-state index contributed by atoms with van der Waals surface area (Å²) in [6.45, 7) is 2.32. The van der Waals surface area contributed by atoms with Gasteiger partial charge < -0.3 is 19.8 Å². The van der Waals surface area contributed by atoms with Crippen LogP contribution in [0.2, 0.25) is 0 Å². The van der Waals surface area contributed by atoms with Crippen LogP contribution in [0.25, 0.3) is 22.0 Å². The SMILES string of the molecule is CCCCNC(=O)C(=O)c1[nH]c2c([N+](=O)[O-])c(OC)cc(OC)c2c1-c1ccc(Br)cc1. The molecule has 3 aromatic rings. The van der Waals surface area contributed by atoms with E-state index >= 15 is 0 Å². The van der Waals surface area contributed by atoms with Gasteiger partial charge in [0, 0.05) is 22.6 Å². The molecule has 0 fully saturated rings. The highest BCUT2D eigenvalue weighted by Gasteiger charge is 2.32. The van der Waals surface area contributed by atoms with Crippen molar-refractivity contribution < 1.29 is 24.0 Å². The van der Waals surface area contributed by atoms with E-state index < -0.39 is 16.6 Å². The summed E-state index contributed by atoms with van der Waals surface area (Å²) >= 11 is 3.37. The van der Waals surface area contributed by atoms with E-state index in [0.717, 1.165) is 17.3 Å². The van der Waals surface area contributed by atoms with Crippen LogP contribution in [-0.4, -0.2) is 42.4 Å². The van der Waals surface area contributed by atoms with E-state index in [1.807, 2.05) is 6.92 Å². The van der Waals surface area contributed by atoms with Gasteiger partial charge in [-0.3, -0.25) is 19.7 Å². The highest BCUT2D eigenvalue weighted by Crippen LogP contribution is 2.46. The van der Waals surface area contributed by atoms with Crippen molar-refractivity contribution >= 4 is 44.2 Å². The van der Waals surface area contributed by atoms with Crippen molar-refractivity contribution in [2.45, 2.75) is 19.8 Å². The predicted octanol–water partition coefficient (Wildman–Crippen LogP) is 4.62. The topological polar surface area (TPSA) is 124 Å². The van der Waals surface area contributed by atoms with E-state index in [9.17, 15) is 19.7 Å². The third-order valence-corrected chi connectivity index (χ3v) is 5.51. The molecule has 0 unspecified atom stereocenters. The fourth-order valence-electron chi connectivity index (χ4n) is 3.45. The maximum absolute atomic E-state index is 13.1. The minimum atomic E-state index is -0.828. The number of nitrogens with zero attached hydrogens (tertiary/aromatic N) is 1. The maximum atomic E-state index is 13.1. The Hall–Kier alpha value is -3.40. The first kappa shape index (κ1) is 23.3. The van der Waals surface area contributed by atoms with Crippen LogP contribution in [0, 0.1) is 10.1 Å². The number of nitro benzene ring substituents is 1. The number of nitro groups is 1. The molecule has 0 atom stereocenters. The molecule has 3 rings (SSSR count). The molecule has 0 aliphatic heterocycles. The molecular formula is C22H22BrN3O6. The minimum Gasteiger partial charge on any atom is -0.496 e. The van der Waals surface area contributed by atoms with Crippen LogP contribution in [-0.2, 0) is 4.79 Å². The molecule has 0 radical (unpaired) electrons. The molecule has 10 heteroatoms. The fourth-order valence-corrected chi connectivity index (χ4v) is 3.72. The highest BCUT2D eigenvalue weighted by molar-refractivity contribution is 9.10. The number of hydrogen-bond donors (Lipinski definition) is 2. The summed E-state index contributed by atoms with van der Waals surface area (Å²) in [5, 5.41) is 14.8. The summed E-state index contributed by atoms with van der Waals surface area (Å²) in [5.41, 5.74) is 0.541. The van der Waals surface area contributed by atoms with Crippen LogP contribution < -0.4 is 14.8 Å². The number of halogens is 1. The molecule has 32 heavy (non-hydrogen) atoms. The summed E-state index contributed by atoms with van der Waals surface area (Å²) in [6.07, 6.45) is 1.58. The Morgan fingerprint density at radius 2 is 1.81 bits per heavy atom. The first-order valence-electron chi connectivity index (χ1n) is 9.87. The molecule has 0 saturated carbocycles. The van der Waals surface area contributed by atoms with E-state index in [2.05, 4.69) is 26.2 Å². The zero-order valence-electron chi connectivity index (χ0n) is 17.8. The van der Waals surface area contributed by atoms with Crippen molar-refractivity contribution in [3.05, 3.63) is 50.6 Å². The fraction of sp³-hybridized carbons (Fsp3) is 0.273. The van der Waals surface area contributed by atoms with Gasteiger partial charge in [-0.25, -0.2) is 0 Å². The van der Waals surface area contributed by atoms with Crippen molar-refractivity contribution in [3.63, 3.8) is 0 Å². The van der Waals surface area contributed by atoms with Gasteiger partial charge in [0.15, 0.2) is 0 Å². The Morgan fingerprint density at radius 3 is 2.38 bits per heavy atom. The molecule has 168 valence electrons. The number of carbonyl (C=O) groups excluding carboxylic acids is 2. The average molecular weight is 504 g/mol. The lowest BCUT2D eigenvalue weighted by Gasteiger charge is -2.10. The Morgan fingerprint density at radius 1 is 1.16 bits per heavy atom. The molecule has 2 aromatic carbocycles. The number of fused-ring (bicyclic) bond motifs is 1. The zero-order valence-corrected chi connectivity index (χ0v) is 19.4. The normalized spacial score (nSPS) is 10.8. The number of hydrogen-bond acceptors (Lipinski definition) is 6. The second kappa shape index (κ2) is 9.82. The van der Waals surface area contributed by atoms with Crippen molar-refractivity contribution in [3.8, 4) is 22.6 Å². The number of amides is 1. The van der Waals surface area contributed by atoms with E-state index in [-0.39, 0.29) is 28.4 Å². The monoisotopic (exact) mass is 503 g/mol. The highest BCUT2D eigenvalue weighted by atomic mass is 79.9. The number of H-pyrrole nitrogens is 1. The lowest BCUT2D eigenvalue weighted by atomic mass is 9.99. The van der Waals surface area contributed by atoms with E-state index in [1.54, 1.807) is 24.3 Å². The summed E-state index contributed by atoms with van der Waals surface area (Å²) in [4.78, 5) is 39.8. The lowest BCUT2D eigenvalue weighted by molar-refractivity contribution is -0.384. The van der Waals surface area contributed by atoms with Gasteiger partial charge in [0.2, 0.25) is 5.75 Å². The zero-order chi connectivity index (χ0) is 23.4. The molecule has 1 heterocycles. The Bertz CT molecular complexity index is 1190. The van der Waals surface area contributed by atoms with Crippen LogP contribution in [0.4, 0.5) is 5.69 Å². The molecule has 2 N–H and O–H groups in total. The number of benzene rings is 2. The molecule has 1 aromatic heterocycles. The van der Waals surface area contributed by atoms with E-state index in [1.165, 1.54) is 20.3 Å². The van der Waals surface area contributed by atoms with Crippen molar-refractivity contribution in [1.82, 2.24) is 10.3 Å². The molecule has 0 saturated heterocycles. The number of Topliss-reactive ketones (excluding diaryl/α,β-unsaturated/α-hetero) is 1. The van der Waals surface area contributed by atoms with Gasteiger partial charge in [-0.2, -0.15) is 0 Å². The summed E-state index contributed by atoms with van der Waals surface area (Å²) in [7, 11) is 2.72. The summed E-state index contributed by atoms with van der Waals surface area (Å²) < 4.78 is 11.5. The number of unbranched alkanes of at least 4 members (excludes halogenated alkanes) is 1. The predicted molar refractivity (Wildman–Crippen MR) is 123 cm³/mol. The largest absolute Gasteiger partial charge is 0.496 e. The molecule has 0 bridgehead atoms. The Balaban J connectivity index is 2.35. The standard InChI is InChI=1S/C22H22BrN3O6/c1-4-5-10-24-22(28)21(27)19-16(12-6-8-13(23)9-7-12)17-14(31-2)11-15(32-3)20(26(29)30)18(17)25-19/h6-9,11,25H,4-5,10H2,1-3H3,(H,24,28). The average Bonchev–Trinajstić information content (AvgIpc) is 3.17. The van der Waals surface area contributed by atoms with Gasteiger partial charge in [0.25, 0.3) is 11.7 Å². The number of methoxy groups -OCH3 is 2. The molecule has 0 spiro atoms. The number of nitrogens with one attached hydrogen (secondary N) is 2. The second-order valence-electron chi connectivity index (χ2n) is 6.96. The smallest absolute Gasteiger partial charge is 0.335 e. The summed E-state index contributed by atoms with van der Waals surface area (Å²) in [6, 6.07) is 8.43. The number of ether oxygens (including phenoxy) is 2. The van der Waals surface area contributed by atoms with Crippen molar-refractivity contribution in [2.75, 3.05) is 20.8 Å². The van der Waals surface area contributed by atoms with Crippen LogP contribution in [0.1, 0.15) is 30.3 Å². The molecule has 1 amide bonds. The van der Waals surface area contributed by atoms with Gasteiger partial charge in [-0.15, -0.1) is 0 Å². The van der Waals surface area contributed by atoms with Crippen LogP contribution >= 0.6 is 15.9 Å². The third kappa shape index (κ3) is 4.31. The quantitative estimate of drug-likeness (QED) is 0.144. The van der Waals surface area contributed by atoms with Crippen LogP contribution in [0.15, 0.2) is 34.8 Å². The van der Waals surface area contributed by atoms with Gasteiger partial charge >= 0.3 is 5.69 Å². The number of rotatable bonds is 9. The van der Waals surface area contributed by atoms with Crippen LogP contribution in [0.5, 0.6) is 11.5 Å². The van der Waals surface area contributed by atoms with E-state index in [4.69, 9.17) is 9.47 Å². The van der Waals surface area contributed by atoms with Gasteiger partial charge in [-0.1, -0.05) is 41.4 Å². The third-order valence-electron chi connectivity index (χ3n) is 4.98.